The third-order valence-corrected chi connectivity index (χ3v) is 4.77. The molecule has 0 saturated heterocycles. The highest BCUT2D eigenvalue weighted by Gasteiger charge is 2.33. The quantitative estimate of drug-likeness (QED) is 0.701. The van der Waals surface area contributed by atoms with Gasteiger partial charge in [0.05, 0.1) is 30.9 Å². The predicted molar refractivity (Wildman–Crippen MR) is 108 cm³/mol. The second kappa shape index (κ2) is 8.87. The van der Waals surface area contributed by atoms with E-state index in [1.165, 1.54) is 14.2 Å². The van der Waals surface area contributed by atoms with Crippen molar-refractivity contribution in [1.29, 1.82) is 0 Å². The zero-order valence-corrected chi connectivity index (χ0v) is 17.0. The molecule has 2 aromatic rings. The molecule has 0 fully saturated rings. The number of halogens is 1. The van der Waals surface area contributed by atoms with Gasteiger partial charge in [0.25, 0.3) is 0 Å². The lowest BCUT2D eigenvalue weighted by molar-refractivity contribution is -0.140. The van der Waals surface area contributed by atoms with Gasteiger partial charge in [0.1, 0.15) is 6.61 Å². The summed E-state index contributed by atoms with van der Waals surface area (Å²) in [5, 5.41) is 5.65. The Bertz CT molecular complexity index is 959. The van der Waals surface area contributed by atoms with Crippen LogP contribution in [0.5, 0.6) is 11.5 Å². The smallest absolute Gasteiger partial charge is 0.338 e. The molecule has 0 spiro atoms. The molecule has 1 aliphatic rings. The van der Waals surface area contributed by atoms with Crippen LogP contribution in [-0.4, -0.2) is 26.2 Å². The number of urea groups is 1. The molecule has 0 aliphatic carbocycles. The Labute approximate surface area is 173 Å². The molecule has 2 amide bonds. The Morgan fingerprint density at radius 3 is 2.52 bits per heavy atom. The first-order valence-electron chi connectivity index (χ1n) is 8.85. The van der Waals surface area contributed by atoms with E-state index in [2.05, 4.69) is 10.6 Å². The summed E-state index contributed by atoms with van der Waals surface area (Å²) >= 11 is 6.31. The minimum absolute atomic E-state index is 0.115. The van der Waals surface area contributed by atoms with Crippen LogP contribution in [-0.2, 0) is 16.1 Å². The van der Waals surface area contributed by atoms with Crippen molar-refractivity contribution in [2.24, 2.45) is 0 Å². The van der Waals surface area contributed by atoms with Crippen LogP contribution in [0.25, 0.3) is 0 Å². The molecule has 0 radical (unpaired) electrons. The van der Waals surface area contributed by atoms with E-state index < -0.39 is 18.0 Å². The van der Waals surface area contributed by atoms with E-state index in [4.69, 9.17) is 25.8 Å². The standard InChI is InChI=1S/C21H21ClN2O5/c1-12-17(20(25)29-11-13-7-5-4-6-8-13)18(24-21(26)23-12)14-9-15(22)19(28-3)16(10-14)27-2/h4-10,18H,11H2,1-3H3,(H2,23,24,26). The fourth-order valence-electron chi connectivity index (χ4n) is 3.12. The van der Waals surface area contributed by atoms with Crippen molar-refractivity contribution in [3.63, 3.8) is 0 Å². The molecule has 3 rings (SSSR count). The molecule has 29 heavy (non-hydrogen) atoms. The average molecular weight is 417 g/mol. The van der Waals surface area contributed by atoms with Crippen LogP contribution < -0.4 is 20.1 Å². The number of nitrogens with one attached hydrogen (secondary N) is 2. The highest BCUT2D eigenvalue weighted by atomic mass is 35.5. The number of amides is 2. The van der Waals surface area contributed by atoms with Crippen molar-refractivity contribution in [2.75, 3.05) is 14.2 Å². The summed E-state index contributed by atoms with van der Waals surface area (Å²) in [4.78, 5) is 24.9. The van der Waals surface area contributed by atoms with E-state index in [1.807, 2.05) is 30.3 Å². The van der Waals surface area contributed by atoms with Crippen molar-refractivity contribution in [3.05, 3.63) is 69.9 Å². The molecule has 152 valence electrons. The van der Waals surface area contributed by atoms with E-state index in [0.29, 0.717) is 27.8 Å². The molecular weight excluding hydrogens is 396 g/mol. The minimum Gasteiger partial charge on any atom is -0.493 e. The SMILES string of the molecule is COc1cc(C2NC(=O)NC(C)=C2C(=O)OCc2ccccc2)cc(Cl)c1OC. The molecule has 0 saturated carbocycles. The monoisotopic (exact) mass is 416 g/mol. The minimum atomic E-state index is -0.760. The van der Waals surface area contributed by atoms with Crippen molar-refractivity contribution < 1.29 is 23.8 Å². The summed E-state index contributed by atoms with van der Waals surface area (Å²) in [7, 11) is 2.96. The fourth-order valence-corrected chi connectivity index (χ4v) is 3.42. The van der Waals surface area contributed by atoms with Gasteiger partial charge in [0.15, 0.2) is 11.5 Å². The largest absolute Gasteiger partial charge is 0.493 e. The molecule has 2 N–H and O–H groups in total. The van der Waals surface area contributed by atoms with E-state index in [1.54, 1.807) is 19.1 Å². The second-order valence-corrected chi connectivity index (χ2v) is 6.78. The maximum absolute atomic E-state index is 12.9. The number of methoxy groups -OCH3 is 2. The summed E-state index contributed by atoms with van der Waals surface area (Å²) in [6.07, 6.45) is 0. The zero-order valence-electron chi connectivity index (χ0n) is 16.2. The number of hydrogen-bond donors (Lipinski definition) is 2. The fraction of sp³-hybridized carbons (Fsp3) is 0.238. The lowest BCUT2D eigenvalue weighted by Crippen LogP contribution is -2.45. The topological polar surface area (TPSA) is 85.9 Å². The van der Waals surface area contributed by atoms with Crippen LogP contribution in [0.4, 0.5) is 4.79 Å². The summed E-state index contributed by atoms with van der Waals surface area (Å²) in [6.45, 7) is 1.76. The predicted octanol–water partition coefficient (Wildman–Crippen LogP) is 3.73. The van der Waals surface area contributed by atoms with Crippen LogP contribution in [0.2, 0.25) is 5.02 Å². The van der Waals surface area contributed by atoms with Gasteiger partial charge in [-0.1, -0.05) is 41.9 Å². The van der Waals surface area contributed by atoms with E-state index in [9.17, 15) is 9.59 Å². The highest BCUT2D eigenvalue weighted by Crippen LogP contribution is 2.39. The number of hydrogen-bond acceptors (Lipinski definition) is 5. The van der Waals surface area contributed by atoms with E-state index in [-0.39, 0.29) is 12.2 Å². The zero-order chi connectivity index (χ0) is 21.0. The lowest BCUT2D eigenvalue weighted by atomic mass is 9.95. The lowest BCUT2D eigenvalue weighted by Gasteiger charge is -2.28. The number of esters is 1. The number of allylic oxidation sites excluding steroid dienone is 1. The van der Waals surface area contributed by atoms with Crippen molar-refractivity contribution in [1.82, 2.24) is 10.6 Å². The Kier molecular flexibility index (Phi) is 6.29. The van der Waals surface area contributed by atoms with Crippen LogP contribution in [0.1, 0.15) is 24.1 Å². The first-order valence-corrected chi connectivity index (χ1v) is 9.23. The Morgan fingerprint density at radius 1 is 1.14 bits per heavy atom. The molecule has 1 heterocycles. The van der Waals surface area contributed by atoms with E-state index in [0.717, 1.165) is 5.56 Å². The Morgan fingerprint density at radius 2 is 1.86 bits per heavy atom. The van der Waals surface area contributed by atoms with Crippen LogP contribution in [0.15, 0.2) is 53.7 Å². The summed E-state index contributed by atoms with van der Waals surface area (Å²) < 4.78 is 16.1. The molecule has 1 unspecified atom stereocenters. The molecule has 1 aliphatic heterocycles. The average Bonchev–Trinajstić information content (AvgIpc) is 2.71. The molecule has 8 heteroatoms. The van der Waals surface area contributed by atoms with Gasteiger partial charge < -0.3 is 24.8 Å². The normalized spacial score (nSPS) is 16.0. The Balaban J connectivity index is 1.94. The van der Waals surface area contributed by atoms with Crippen LogP contribution in [0.3, 0.4) is 0 Å². The van der Waals surface area contributed by atoms with Gasteiger partial charge in [-0.15, -0.1) is 0 Å². The molecule has 2 aromatic carbocycles. The van der Waals surface area contributed by atoms with Gasteiger partial charge in [0.2, 0.25) is 0 Å². The van der Waals surface area contributed by atoms with Crippen LogP contribution >= 0.6 is 11.6 Å². The number of carbonyl (C=O) groups is 2. The number of carbonyl (C=O) groups excluding carboxylic acids is 2. The van der Waals surface area contributed by atoms with Gasteiger partial charge in [-0.05, 0) is 30.2 Å². The van der Waals surface area contributed by atoms with Gasteiger partial charge in [-0.3, -0.25) is 0 Å². The summed E-state index contributed by atoms with van der Waals surface area (Å²) in [5.74, 6) is 0.208. The molecule has 1 atom stereocenters. The third kappa shape index (κ3) is 4.46. The maximum atomic E-state index is 12.9. The molecule has 0 bridgehead atoms. The maximum Gasteiger partial charge on any atom is 0.338 e. The van der Waals surface area contributed by atoms with Gasteiger partial charge in [-0.2, -0.15) is 0 Å². The van der Waals surface area contributed by atoms with Crippen molar-refractivity contribution in [3.8, 4) is 11.5 Å². The number of rotatable bonds is 6. The second-order valence-electron chi connectivity index (χ2n) is 6.37. The van der Waals surface area contributed by atoms with Gasteiger partial charge in [-0.25, -0.2) is 9.59 Å². The molecule has 0 aromatic heterocycles. The molecular formula is C21H21ClN2O5. The highest BCUT2D eigenvalue weighted by molar-refractivity contribution is 6.32. The first-order chi connectivity index (χ1) is 13.9. The summed E-state index contributed by atoms with van der Waals surface area (Å²) in [6, 6.07) is 11.4. The van der Waals surface area contributed by atoms with Crippen LogP contribution in [0, 0.1) is 0 Å². The first kappa shape index (κ1) is 20.5. The van der Waals surface area contributed by atoms with E-state index >= 15 is 0 Å². The number of ether oxygens (including phenoxy) is 3. The van der Waals surface area contributed by atoms with Gasteiger partial charge >= 0.3 is 12.0 Å². The molecule has 7 nitrogen and oxygen atoms in total. The summed E-state index contributed by atoms with van der Waals surface area (Å²) in [5.41, 5.74) is 2.11. The van der Waals surface area contributed by atoms with Gasteiger partial charge in [0, 0.05) is 5.70 Å². The Hall–Kier alpha value is -3.19. The number of benzene rings is 2. The third-order valence-electron chi connectivity index (χ3n) is 4.49. The van der Waals surface area contributed by atoms with Crippen molar-refractivity contribution >= 4 is 23.6 Å². The van der Waals surface area contributed by atoms with Crippen molar-refractivity contribution in [2.45, 2.75) is 19.6 Å².